The van der Waals surface area contributed by atoms with E-state index in [1.807, 2.05) is 0 Å². The van der Waals surface area contributed by atoms with Crippen molar-refractivity contribution < 1.29 is 13.6 Å². The van der Waals surface area contributed by atoms with Crippen LogP contribution >= 0.6 is 0 Å². The van der Waals surface area contributed by atoms with E-state index < -0.39 is 11.6 Å². The summed E-state index contributed by atoms with van der Waals surface area (Å²) in [5, 5.41) is 0. The van der Waals surface area contributed by atoms with Crippen molar-refractivity contribution in [3.63, 3.8) is 0 Å². The monoisotopic (exact) mass is 207 g/mol. The van der Waals surface area contributed by atoms with Gasteiger partial charge in [-0.15, -0.1) is 0 Å². The normalized spacial score (nSPS) is 10.3. The predicted octanol–water partition coefficient (Wildman–Crippen LogP) is 2.57. The Labute approximate surface area is 84.8 Å². The second-order valence-corrected chi connectivity index (χ2v) is 2.99. The lowest BCUT2D eigenvalue weighted by molar-refractivity contribution is 0.111. The molecular weight excluding hydrogens is 200 g/mol. The van der Waals surface area contributed by atoms with Crippen LogP contribution in [0.4, 0.5) is 8.78 Å². The fourth-order valence-corrected chi connectivity index (χ4v) is 1.39. The molecule has 1 aromatic heterocycles. The number of benzene rings is 1. The van der Waals surface area contributed by atoms with Crippen LogP contribution in [0.5, 0.6) is 0 Å². The van der Waals surface area contributed by atoms with Crippen LogP contribution in [-0.4, -0.2) is 10.9 Å². The number of aromatic nitrogens is 1. The third-order valence-electron chi connectivity index (χ3n) is 2.09. The van der Waals surface area contributed by atoms with Gasteiger partial charge in [-0.25, -0.2) is 8.78 Å². The van der Waals surface area contributed by atoms with Crippen molar-refractivity contribution in [2.75, 3.05) is 0 Å². The van der Waals surface area contributed by atoms with Gasteiger partial charge in [-0.05, 0) is 24.3 Å². The molecule has 0 spiro atoms. The predicted molar refractivity (Wildman–Crippen MR) is 51.1 cm³/mol. The molecule has 0 aliphatic carbocycles. The first-order chi connectivity index (χ1) is 7.24. The van der Waals surface area contributed by atoms with Crippen LogP contribution in [0.25, 0.3) is 5.69 Å². The molecule has 0 aliphatic heterocycles. The van der Waals surface area contributed by atoms with Gasteiger partial charge in [-0.3, -0.25) is 4.79 Å². The summed E-state index contributed by atoms with van der Waals surface area (Å²) in [4.78, 5) is 10.6. The van der Waals surface area contributed by atoms with Crippen molar-refractivity contribution in [2.24, 2.45) is 0 Å². The zero-order valence-corrected chi connectivity index (χ0v) is 7.65. The first-order valence-electron chi connectivity index (χ1n) is 4.31. The molecule has 0 amide bonds. The highest BCUT2D eigenvalue weighted by molar-refractivity contribution is 5.73. The molecule has 15 heavy (non-hydrogen) atoms. The van der Waals surface area contributed by atoms with Gasteiger partial charge in [-0.2, -0.15) is 0 Å². The van der Waals surface area contributed by atoms with E-state index in [1.165, 1.54) is 29.0 Å². The molecular formula is C11H7F2NO. The molecule has 0 bridgehead atoms. The molecule has 0 saturated carbocycles. The maximum Gasteiger partial charge on any atom is 0.182 e. The van der Waals surface area contributed by atoms with Gasteiger partial charge < -0.3 is 4.57 Å². The number of hydrogen-bond acceptors (Lipinski definition) is 1. The molecule has 0 unspecified atom stereocenters. The van der Waals surface area contributed by atoms with Gasteiger partial charge in [-0.1, -0.05) is 6.07 Å². The SMILES string of the molecule is O=Cc1cccn1-c1cccc(F)c1F. The van der Waals surface area contributed by atoms with Gasteiger partial charge in [0, 0.05) is 6.20 Å². The van der Waals surface area contributed by atoms with E-state index in [0.717, 1.165) is 6.07 Å². The molecule has 4 heteroatoms. The summed E-state index contributed by atoms with van der Waals surface area (Å²) < 4.78 is 27.6. The van der Waals surface area contributed by atoms with Gasteiger partial charge in [0.2, 0.25) is 0 Å². The van der Waals surface area contributed by atoms with E-state index in [-0.39, 0.29) is 11.4 Å². The average molecular weight is 207 g/mol. The van der Waals surface area contributed by atoms with Crippen molar-refractivity contribution in [3.8, 4) is 5.69 Å². The summed E-state index contributed by atoms with van der Waals surface area (Å²) >= 11 is 0. The zero-order valence-electron chi connectivity index (χ0n) is 7.65. The fraction of sp³-hybridized carbons (Fsp3) is 0. The number of aldehydes is 1. The lowest BCUT2D eigenvalue weighted by atomic mass is 10.3. The summed E-state index contributed by atoms with van der Waals surface area (Å²) in [5.41, 5.74) is 0.307. The first-order valence-corrected chi connectivity index (χ1v) is 4.31. The molecule has 1 heterocycles. The molecule has 1 aromatic carbocycles. The highest BCUT2D eigenvalue weighted by Crippen LogP contribution is 2.17. The lowest BCUT2D eigenvalue weighted by Gasteiger charge is -2.06. The van der Waals surface area contributed by atoms with Crippen LogP contribution in [0.1, 0.15) is 10.5 Å². The van der Waals surface area contributed by atoms with Gasteiger partial charge in [0.25, 0.3) is 0 Å². The quantitative estimate of drug-likeness (QED) is 0.693. The second-order valence-electron chi connectivity index (χ2n) is 2.99. The maximum absolute atomic E-state index is 13.4. The van der Waals surface area contributed by atoms with Crippen LogP contribution < -0.4 is 0 Å². The average Bonchev–Trinajstić information content (AvgIpc) is 2.70. The van der Waals surface area contributed by atoms with Crippen molar-refractivity contribution in [1.82, 2.24) is 4.57 Å². The van der Waals surface area contributed by atoms with E-state index >= 15 is 0 Å². The van der Waals surface area contributed by atoms with E-state index in [1.54, 1.807) is 6.07 Å². The van der Waals surface area contributed by atoms with Gasteiger partial charge >= 0.3 is 0 Å². The molecule has 0 atom stereocenters. The molecule has 0 fully saturated rings. The summed E-state index contributed by atoms with van der Waals surface area (Å²) in [7, 11) is 0. The topological polar surface area (TPSA) is 22.0 Å². The number of rotatable bonds is 2. The van der Waals surface area contributed by atoms with Gasteiger partial charge in [0.05, 0.1) is 11.4 Å². The lowest BCUT2D eigenvalue weighted by Crippen LogP contribution is -2.01. The molecule has 2 aromatic rings. The third-order valence-corrected chi connectivity index (χ3v) is 2.09. The van der Waals surface area contributed by atoms with E-state index in [0.29, 0.717) is 6.29 Å². The molecule has 0 N–H and O–H groups in total. The van der Waals surface area contributed by atoms with Crippen LogP contribution in [0.3, 0.4) is 0 Å². The Balaban J connectivity index is 2.64. The molecule has 2 rings (SSSR count). The Morgan fingerprint density at radius 3 is 2.67 bits per heavy atom. The van der Waals surface area contributed by atoms with Crippen molar-refractivity contribution in [3.05, 3.63) is 53.9 Å². The Kier molecular flexibility index (Phi) is 2.33. The van der Waals surface area contributed by atoms with Crippen molar-refractivity contribution in [2.45, 2.75) is 0 Å². The van der Waals surface area contributed by atoms with Crippen LogP contribution in [-0.2, 0) is 0 Å². The first kappa shape index (κ1) is 9.58. The smallest absolute Gasteiger partial charge is 0.182 e. The highest BCUT2D eigenvalue weighted by Gasteiger charge is 2.10. The Morgan fingerprint density at radius 2 is 1.93 bits per heavy atom. The van der Waals surface area contributed by atoms with Crippen molar-refractivity contribution >= 4 is 6.29 Å². The summed E-state index contributed by atoms with van der Waals surface area (Å²) in [6.45, 7) is 0. The maximum atomic E-state index is 13.4. The van der Waals surface area contributed by atoms with E-state index in [2.05, 4.69) is 0 Å². The van der Waals surface area contributed by atoms with Crippen LogP contribution in [0.2, 0.25) is 0 Å². The second kappa shape index (κ2) is 3.65. The summed E-state index contributed by atoms with van der Waals surface area (Å²) in [5.74, 6) is -1.89. The molecule has 0 saturated heterocycles. The van der Waals surface area contributed by atoms with E-state index in [4.69, 9.17) is 0 Å². The minimum absolute atomic E-state index is 0.0297. The minimum Gasteiger partial charge on any atom is -0.311 e. The van der Waals surface area contributed by atoms with Gasteiger partial charge in [0.15, 0.2) is 17.9 Å². The molecule has 0 radical (unpaired) electrons. The number of carbonyl (C=O) groups excluding carboxylic acids is 1. The number of hydrogen-bond donors (Lipinski definition) is 0. The van der Waals surface area contributed by atoms with Gasteiger partial charge in [0.1, 0.15) is 0 Å². The zero-order chi connectivity index (χ0) is 10.8. The number of nitrogens with zero attached hydrogens (tertiary/aromatic N) is 1. The third kappa shape index (κ3) is 1.54. The Morgan fingerprint density at radius 1 is 1.13 bits per heavy atom. The Hall–Kier alpha value is -1.97. The standard InChI is InChI=1S/C11H7F2NO/c12-9-4-1-5-10(11(9)13)14-6-2-3-8(14)7-15/h1-7H. The van der Waals surface area contributed by atoms with Crippen molar-refractivity contribution in [1.29, 1.82) is 0 Å². The minimum atomic E-state index is -0.961. The fourth-order valence-electron chi connectivity index (χ4n) is 1.39. The number of halogens is 2. The summed E-state index contributed by atoms with van der Waals surface area (Å²) in [6, 6.07) is 6.95. The summed E-state index contributed by atoms with van der Waals surface area (Å²) in [6.07, 6.45) is 2.09. The number of carbonyl (C=O) groups is 1. The molecule has 76 valence electrons. The highest BCUT2D eigenvalue weighted by atomic mass is 19.2. The molecule has 0 aliphatic rings. The largest absolute Gasteiger partial charge is 0.311 e. The molecule has 2 nitrogen and oxygen atoms in total. The van der Waals surface area contributed by atoms with Crippen LogP contribution in [0, 0.1) is 11.6 Å². The Bertz CT molecular complexity index is 505. The van der Waals surface area contributed by atoms with Crippen LogP contribution in [0.15, 0.2) is 36.5 Å². The van der Waals surface area contributed by atoms with E-state index in [9.17, 15) is 13.6 Å².